The van der Waals surface area contributed by atoms with Crippen molar-refractivity contribution in [1.82, 2.24) is 19.5 Å². The largest absolute Gasteiger partial charge is 0.263 e. The van der Waals surface area contributed by atoms with Gasteiger partial charge in [0.25, 0.3) is 0 Å². The van der Waals surface area contributed by atoms with Crippen molar-refractivity contribution in [3.8, 4) is 0 Å². The molecule has 0 radical (unpaired) electrons. The highest BCUT2D eigenvalue weighted by Crippen LogP contribution is 2.26. The smallest absolute Gasteiger partial charge is 0.217 e. The summed E-state index contributed by atoms with van der Waals surface area (Å²) in [6, 6.07) is 0. The highest BCUT2D eigenvalue weighted by Gasteiger charge is 2.32. The van der Waals surface area contributed by atoms with Crippen molar-refractivity contribution >= 4 is 10.0 Å². The maximum atomic E-state index is 12.2. The van der Waals surface area contributed by atoms with Gasteiger partial charge in [-0.05, 0) is 19.8 Å². The summed E-state index contributed by atoms with van der Waals surface area (Å²) in [6.07, 6.45) is 3.58. The van der Waals surface area contributed by atoms with E-state index in [-0.39, 0.29) is 11.8 Å². The third kappa shape index (κ3) is 2.66. The van der Waals surface area contributed by atoms with Gasteiger partial charge in [-0.15, -0.1) is 0 Å². The summed E-state index contributed by atoms with van der Waals surface area (Å²) in [5, 5.41) is 6.45. The van der Waals surface area contributed by atoms with E-state index >= 15 is 0 Å². The second-order valence-corrected chi connectivity index (χ2v) is 6.86. The maximum absolute atomic E-state index is 12.2. The molecule has 0 aliphatic heterocycles. The third-order valence-corrected chi connectivity index (χ3v) is 5.48. The fourth-order valence-corrected chi connectivity index (χ4v) is 3.92. The summed E-state index contributed by atoms with van der Waals surface area (Å²) in [5.74, 6) is 1.22. The molecule has 1 aromatic heterocycles. The summed E-state index contributed by atoms with van der Waals surface area (Å²) in [4.78, 5) is 4.12. The van der Waals surface area contributed by atoms with Crippen LogP contribution in [0.3, 0.4) is 0 Å². The van der Waals surface area contributed by atoms with Crippen molar-refractivity contribution in [3.63, 3.8) is 0 Å². The van der Waals surface area contributed by atoms with Gasteiger partial charge in [-0.25, -0.2) is 13.4 Å². The van der Waals surface area contributed by atoms with Gasteiger partial charge in [0.05, 0.1) is 11.8 Å². The number of aryl methyl sites for hydroxylation is 1. The average Bonchev–Trinajstić information content (AvgIpc) is 2.89. The Hall–Kier alpha value is -0.950. The van der Waals surface area contributed by atoms with Crippen molar-refractivity contribution in [1.29, 1.82) is 0 Å². The lowest BCUT2D eigenvalue weighted by molar-refractivity contribution is 0.446. The minimum atomic E-state index is -3.19. The Labute approximate surface area is 101 Å². The normalized spacial score (nSPS) is 18.1. The third-order valence-electron chi connectivity index (χ3n) is 3.17. The van der Waals surface area contributed by atoms with E-state index in [1.54, 1.807) is 14.0 Å². The van der Waals surface area contributed by atoms with E-state index in [0.29, 0.717) is 11.6 Å². The van der Waals surface area contributed by atoms with Gasteiger partial charge in [0.15, 0.2) is 5.82 Å². The van der Waals surface area contributed by atoms with E-state index in [9.17, 15) is 8.42 Å². The van der Waals surface area contributed by atoms with Gasteiger partial charge in [-0.2, -0.15) is 9.40 Å². The predicted molar refractivity (Wildman–Crippen MR) is 63.8 cm³/mol. The Balaban J connectivity index is 2.06. The number of nitrogens with zero attached hydrogens (tertiary/aromatic N) is 3. The van der Waals surface area contributed by atoms with Gasteiger partial charge < -0.3 is 0 Å². The van der Waals surface area contributed by atoms with E-state index in [1.807, 2.05) is 0 Å². The number of H-pyrrole nitrogens is 1. The molecule has 1 aliphatic rings. The molecular formula is C10H18N4O2S. The molecule has 2 rings (SSSR count). The minimum absolute atomic E-state index is 0.215. The van der Waals surface area contributed by atoms with E-state index in [4.69, 9.17) is 0 Å². The molecule has 17 heavy (non-hydrogen) atoms. The molecule has 0 spiro atoms. The van der Waals surface area contributed by atoms with Gasteiger partial charge in [0, 0.05) is 7.05 Å². The zero-order chi connectivity index (χ0) is 12.5. The Morgan fingerprint density at radius 1 is 1.41 bits per heavy atom. The van der Waals surface area contributed by atoms with Crippen LogP contribution in [0.5, 0.6) is 0 Å². The van der Waals surface area contributed by atoms with Crippen LogP contribution in [0.1, 0.15) is 37.3 Å². The van der Waals surface area contributed by atoms with E-state index in [1.165, 1.54) is 4.31 Å². The van der Waals surface area contributed by atoms with Gasteiger partial charge in [-0.1, -0.05) is 12.8 Å². The molecular weight excluding hydrogens is 240 g/mol. The molecule has 7 heteroatoms. The molecule has 1 N–H and O–H groups in total. The molecule has 0 bridgehead atoms. The fraction of sp³-hybridized carbons (Fsp3) is 0.800. The lowest BCUT2D eigenvalue weighted by Crippen LogP contribution is -2.34. The summed E-state index contributed by atoms with van der Waals surface area (Å²) in [5.41, 5.74) is 0. The second kappa shape index (κ2) is 4.73. The highest BCUT2D eigenvalue weighted by atomic mass is 32.2. The molecule has 0 saturated heterocycles. The number of hydrogen-bond acceptors (Lipinski definition) is 4. The monoisotopic (exact) mass is 258 g/mol. The number of aromatic nitrogens is 3. The van der Waals surface area contributed by atoms with Crippen molar-refractivity contribution in [2.45, 2.75) is 44.4 Å². The van der Waals surface area contributed by atoms with Crippen molar-refractivity contribution < 1.29 is 8.42 Å². The van der Waals surface area contributed by atoms with Gasteiger partial charge in [-0.3, -0.25) is 5.10 Å². The van der Waals surface area contributed by atoms with Crippen LogP contribution in [0.25, 0.3) is 0 Å². The first-order chi connectivity index (χ1) is 8.00. The summed E-state index contributed by atoms with van der Waals surface area (Å²) in [7, 11) is -1.59. The maximum Gasteiger partial charge on any atom is 0.217 e. The molecule has 1 heterocycles. The zero-order valence-electron chi connectivity index (χ0n) is 10.2. The SMILES string of the molecule is Cc1nc(CN(C)S(=O)(=O)C2CCCC2)n[nH]1. The standard InChI is InChI=1S/C10H18N4O2S/c1-8-11-10(13-12-8)7-14(2)17(15,16)9-5-3-4-6-9/h9H,3-7H2,1-2H3,(H,11,12,13). The Kier molecular flexibility index (Phi) is 3.48. The lowest BCUT2D eigenvalue weighted by Gasteiger charge is -2.19. The van der Waals surface area contributed by atoms with Crippen molar-refractivity contribution in [2.75, 3.05) is 7.05 Å². The van der Waals surface area contributed by atoms with Crippen LogP contribution in [0.4, 0.5) is 0 Å². The van der Waals surface area contributed by atoms with E-state index in [2.05, 4.69) is 15.2 Å². The van der Waals surface area contributed by atoms with Crippen molar-refractivity contribution in [2.24, 2.45) is 0 Å². The van der Waals surface area contributed by atoms with Crippen LogP contribution >= 0.6 is 0 Å². The average molecular weight is 258 g/mol. The van der Waals surface area contributed by atoms with Crippen LogP contribution in [0, 0.1) is 6.92 Å². The zero-order valence-corrected chi connectivity index (χ0v) is 11.0. The quantitative estimate of drug-likeness (QED) is 0.867. The number of sulfonamides is 1. The molecule has 1 aliphatic carbocycles. The Bertz CT molecular complexity index is 476. The first kappa shape index (κ1) is 12.5. The molecule has 0 atom stereocenters. The molecule has 96 valence electrons. The van der Waals surface area contributed by atoms with Gasteiger partial charge in [0.1, 0.15) is 5.82 Å². The second-order valence-electron chi connectivity index (χ2n) is 4.54. The summed E-state index contributed by atoms with van der Waals surface area (Å²) >= 11 is 0. The van der Waals surface area contributed by atoms with E-state index in [0.717, 1.165) is 25.7 Å². The molecule has 6 nitrogen and oxygen atoms in total. The fourth-order valence-electron chi connectivity index (χ4n) is 2.19. The Morgan fingerprint density at radius 2 is 2.06 bits per heavy atom. The molecule has 0 unspecified atom stereocenters. The van der Waals surface area contributed by atoms with Crippen LogP contribution < -0.4 is 0 Å². The predicted octanol–water partition coefficient (Wildman–Crippen LogP) is 0.817. The molecule has 1 fully saturated rings. The lowest BCUT2D eigenvalue weighted by atomic mass is 10.4. The van der Waals surface area contributed by atoms with E-state index < -0.39 is 10.0 Å². The first-order valence-corrected chi connectivity index (χ1v) is 7.33. The van der Waals surface area contributed by atoms with Crippen LogP contribution in [0.15, 0.2) is 0 Å². The minimum Gasteiger partial charge on any atom is -0.263 e. The number of rotatable bonds is 4. The summed E-state index contributed by atoms with van der Waals surface area (Å²) in [6.45, 7) is 2.03. The Morgan fingerprint density at radius 3 is 2.59 bits per heavy atom. The first-order valence-electron chi connectivity index (χ1n) is 5.83. The molecule has 1 saturated carbocycles. The van der Waals surface area contributed by atoms with Crippen LogP contribution in [0.2, 0.25) is 0 Å². The number of aromatic amines is 1. The van der Waals surface area contributed by atoms with Crippen LogP contribution in [-0.2, 0) is 16.6 Å². The molecule has 1 aromatic rings. The highest BCUT2D eigenvalue weighted by molar-refractivity contribution is 7.89. The summed E-state index contributed by atoms with van der Waals surface area (Å²) < 4.78 is 25.8. The molecule has 0 amide bonds. The number of nitrogens with one attached hydrogen (secondary N) is 1. The van der Waals surface area contributed by atoms with Crippen LogP contribution in [-0.4, -0.2) is 40.2 Å². The molecule has 0 aromatic carbocycles. The van der Waals surface area contributed by atoms with Gasteiger partial charge in [0.2, 0.25) is 10.0 Å². The van der Waals surface area contributed by atoms with Crippen molar-refractivity contribution in [3.05, 3.63) is 11.6 Å². The number of hydrogen-bond donors (Lipinski definition) is 1. The topological polar surface area (TPSA) is 79.0 Å². The van der Waals surface area contributed by atoms with Gasteiger partial charge >= 0.3 is 0 Å².